The van der Waals surface area contributed by atoms with Crippen molar-refractivity contribution < 1.29 is 9.47 Å². The molecule has 0 aliphatic carbocycles. The van der Waals surface area contributed by atoms with Gasteiger partial charge in [-0.3, -0.25) is 0 Å². The zero-order valence-corrected chi connectivity index (χ0v) is 18.7. The number of hydrazone groups is 1. The van der Waals surface area contributed by atoms with Crippen LogP contribution in [-0.4, -0.2) is 17.3 Å². The van der Waals surface area contributed by atoms with Gasteiger partial charge < -0.3 is 9.47 Å². The summed E-state index contributed by atoms with van der Waals surface area (Å²) in [6.07, 6.45) is 0.506. The molecule has 152 valence electrons. The molecule has 2 aliphatic rings. The second kappa shape index (κ2) is 7.97. The summed E-state index contributed by atoms with van der Waals surface area (Å²) in [6, 6.07) is 22.4. The van der Waals surface area contributed by atoms with E-state index in [0.29, 0.717) is 17.4 Å². The molecular weight excluding hydrogens is 464 g/mol. The first kappa shape index (κ1) is 19.5. The summed E-state index contributed by atoms with van der Waals surface area (Å²) in [5, 5.41) is 7.66. The lowest BCUT2D eigenvalue weighted by molar-refractivity contribution is -0.0190. The van der Waals surface area contributed by atoms with Crippen LogP contribution in [0.1, 0.15) is 42.3 Å². The minimum atomic E-state index is -0.284. The van der Waals surface area contributed by atoms with Crippen LogP contribution >= 0.6 is 27.5 Å². The van der Waals surface area contributed by atoms with E-state index in [2.05, 4.69) is 39.1 Å². The summed E-state index contributed by atoms with van der Waals surface area (Å²) < 4.78 is 13.0. The molecular formula is C24H20BrClN2O2. The third-order valence-electron chi connectivity index (χ3n) is 5.42. The van der Waals surface area contributed by atoms with Crippen molar-refractivity contribution >= 4 is 33.2 Å². The van der Waals surface area contributed by atoms with Crippen molar-refractivity contribution in [3.63, 3.8) is 0 Å². The second-order valence-corrected chi connectivity index (χ2v) is 8.61. The molecule has 2 unspecified atom stereocenters. The summed E-state index contributed by atoms with van der Waals surface area (Å²) >= 11 is 9.95. The summed E-state index contributed by atoms with van der Waals surface area (Å²) in [5.41, 5.74) is 4.21. The lowest BCUT2D eigenvalue weighted by Gasteiger charge is -2.38. The normalized spacial score (nSPS) is 19.6. The van der Waals surface area contributed by atoms with E-state index in [1.807, 2.05) is 55.5 Å². The van der Waals surface area contributed by atoms with Crippen LogP contribution in [-0.2, 0) is 0 Å². The van der Waals surface area contributed by atoms with Gasteiger partial charge in [0.05, 0.1) is 23.4 Å². The highest BCUT2D eigenvalue weighted by molar-refractivity contribution is 9.10. The third kappa shape index (κ3) is 3.46. The van der Waals surface area contributed by atoms with Gasteiger partial charge in [0, 0.05) is 22.0 Å². The van der Waals surface area contributed by atoms with Gasteiger partial charge >= 0.3 is 0 Å². The quantitative estimate of drug-likeness (QED) is 0.412. The maximum Gasteiger partial charge on any atom is 0.213 e. The van der Waals surface area contributed by atoms with Gasteiger partial charge in [0.1, 0.15) is 11.5 Å². The molecule has 0 saturated heterocycles. The van der Waals surface area contributed by atoms with E-state index in [1.165, 1.54) is 0 Å². The Labute approximate surface area is 189 Å². The van der Waals surface area contributed by atoms with E-state index < -0.39 is 0 Å². The van der Waals surface area contributed by atoms with Crippen LogP contribution in [0.4, 0.5) is 0 Å². The maximum atomic E-state index is 6.44. The van der Waals surface area contributed by atoms with Gasteiger partial charge in [0.15, 0.2) is 0 Å². The van der Waals surface area contributed by atoms with Crippen LogP contribution in [0.5, 0.6) is 11.5 Å². The highest BCUT2D eigenvalue weighted by atomic mass is 79.9. The number of hydrogen-bond donors (Lipinski definition) is 0. The van der Waals surface area contributed by atoms with Crippen molar-refractivity contribution in [3.05, 3.63) is 92.9 Å². The van der Waals surface area contributed by atoms with Crippen molar-refractivity contribution in [3.8, 4) is 11.5 Å². The fraction of sp³-hybridized carbons (Fsp3) is 0.208. The SMILES string of the molecule is CCOc1ccc(C2=NN3C(C2)c2ccccc2OC3c2ccc(Br)cc2)cc1Cl. The van der Waals surface area contributed by atoms with Crippen molar-refractivity contribution in [1.29, 1.82) is 0 Å². The molecule has 6 heteroatoms. The molecule has 30 heavy (non-hydrogen) atoms. The Balaban J connectivity index is 1.54. The smallest absolute Gasteiger partial charge is 0.213 e. The largest absolute Gasteiger partial charge is 0.492 e. The molecule has 0 bridgehead atoms. The van der Waals surface area contributed by atoms with E-state index in [0.717, 1.165) is 39.0 Å². The molecule has 0 amide bonds. The molecule has 0 saturated carbocycles. The number of benzene rings is 3. The molecule has 5 rings (SSSR count). The zero-order chi connectivity index (χ0) is 20.7. The van der Waals surface area contributed by atoms with E-state index in [1.54, 1.807) is 0 Å². The summed E-state index contributed by atoms with van der Waals surface area (Å²) in [4.78, 5) is 0. The van der Waals surface area contributed by atoms with Gasteiger partial charge in [-0.1, -0.05) is 57.9 Å². The fourth-order valence-corrected chi connectivity index (χ4v) is 4.51. The molecule has 4 nitrogen and oxygen atoms in total. The molecule has 0 aromatic heterocycles. The summed E-state index contributed by atoms with van der Waals surface area (Å²) in [7, 11) is 0. The number of ether oxygens (including phenoxy) is 2. The van der Waals surface area contributed by atoms with Crippen molar-refractivity contribution in [1.82, 2.24) is 5.01 Å². The Hall–Kier alpha value is -2.50. The average molecular weight is 484 g/mol. The first-order chi connectivity index (χ1) is 14.6. The summed E-state index contributed by atoms with van der Waals surface area (Å²) in [6.45, 7) is 2.53. The zero-order valence-electron chi connectivity index (χ0n) is 16.4. The van der Waals surface area contributed by atoms with Crippen molar-refractivity contribution in [2.45, 2.75) is 25.6 Å². The maximum absolute atomic E-state index is 6.44. The molecule has 3 aromatic rings. The van der Waals surface area contributed by atoms with E-state index in [9.17, 15) is 0 Å². The molecule has 0 N–H and O–H groups in total. The standard InChI is InChI=1S/C24H20BrClN2O2/c1-2-29-23-12-9-16(13-19(23)26)20-14-21-18-5-3-4-6-22(18)30-24(28(21)27-20)15-7-10-17(25)11-8-15/h3-13,21,24H,2,14H2,1H3. The molecule has 0 radical (unpaired) electrons. The highest BCUT2D eigenvalue weighted by Gasteiger charge is 2.40. The lowest BCUT2D eigenvalue weighted by atomic mass is 9.96. The first-order valence-corrected chi connectivity index (χ1v) is 11.1. The van der Waals surface area contributed by atoms with E-state index in [4.69, 9.17) is 26.2 Å². The Morgan fingerprint density at radius 1 is 1.13 bits per heavy atom. The lowest BCUT2D eigenvalue weighted by Crippen LogP contribution is -2.33. The topological polar surface area (TPSA) is 34.1 Å². The Morgan fingerprint density at radius 2 is 1.93 bits per heavy atom. The third-order valence-corrected chi connectivity index (χ3v) is 6.24. The van der Waals surface area contributed by atoms with Crippen molar-refractivity contribution in [2.75, 3.05) is 6.61 Å². The van der Waals surface area contributed by atoms with Crippen LogP contribution in [0.25, 0.3) is 0 Å². The average Bonchev–Trinajstić information content (AvgIpc) is 3.21. The van der Waals surface area contributed by atoms with Gasteiger partial charge in [-0.2, -0.15) is 5.10 Å². The molecule has 0 fully saturated rings. The minimum Gasteiger partial charge on any atom is -0.492 e. The predicted octanol–water partition coefficient (Wildman–Crippen LogP) is 6.74. The number of fused-ring (bicyclic) bond motifs is 3. The second-order valence-electron chi connectivity index (χ2n) is 7.28. The monoisotopic (exact) mass is 482 g/mol. The van der Waals surface area contributed by atoms with Crippen LogP contribution < -0.4 is 9.47 Å². The first-order valence-electron chi connectivity index (χ1n) is 9.93. The Kier molecular flexibility index (Phi) is 5.17. The van der Waals surface area contributed by atoms with Crippen LogP contribution in [0.3, 0.4) is 0 Å². The van der Waals surface area contributed by atoms with Gasteiger partial charge in [-0.05, 0) is 48.9 Å². The number of rotatable bonds is 4. The van der Waals surface area contributed by atoms with Gasteiger partial charge in [0.25, 0.3) is 0 Å². The van der Waals surface area contributed by atoms with E-state index in [-0.39, 0.29) is 12.3 Å². The predicted molar refractivity (Wildman–Crippen MR) is 122 cm³/mol. The summed E-state index contributed by atoms with van der Waals surface area (Å²) in [5.74, 6) is 1.61. The molecule has 0 spiro atoms. The number of halogens is 2. The van der Waals surface area contributed by atoms with Crippen LogP contribution in [0.2, 0.25) is 5.02 Å². The van der Waals surface area contributed by atoms with Crippen molar-refractivity contribution in [2.24, 2.45) is 5.10 Å². The minimum absolute atomic E-state index is 0.115. The molecule has 3 aromatic carbocycles. The number of nitrogens with zero attached hydrogens (tertiary/aromatic N) is 2. The number of hydrogen-bond acceptors (Lipinski definition) is 4. The van der Waals surface area contributed by atoms with Gasteiger partial charge in [-0.25, -0.2) is 5.01 Å². The fourth-order valence-electron chi connectivity index (χ4n) is 4.01. The molecule has 2 aliphatic heterocycles. The van der Waals surface area contributed by atoms with Gasteiger partial charge in [0.2, 0.25) is 6.23 Å². The molecule has 2 heterocycles. The van der Waals surface area contributed by atoms with Crippen LogP contribution in [0, 0.1) is 0 Å². The molecule has 2 atom stereocenters. The van der Waals surface area contributed by atoms with Crippen LogP contribution in [0.15, 0.2) is 76.3 Å². The Bertz CT molecular complexity index is 1120. The number of para-hydroxylation sites is 1. The van der Waals surface area contributed by atoms with E-state index >= 15 is 0 Å². The highest BCUT2D eigenvalue weighted by Crippen LogP contribution is 2.47. The Morgan fingerprint density at radius 3 is 2.70 bits per heavy atom. The van der Waals surface area contributed by atoms with Gasteiger partial charge in [-0.15, -0.1) is 0 Å².